The van der Waals surface area contributed by atoms with Crippen LogP contribution in [0.3, 0.4) is 0 Å². The van der Waals surface area contributed by atoms with E-state index in [4.69, 9.17) is 21.6 Å². The van der Waals surface area contributed by atoms with Gasteiger partial charge in [0.1, 0.15) is 5.70 Å². The molecular formula is C19H15ClN4. The molecule has 118 valence electrons. The van der Waals surface area contributed by atoms with Crippen molar-refractivity contribution >= 4 is 35.2 Å². The fourth-order valence-corrected chi connectivity index (χ4v) is 2.95. The highest BCUT2D eigenvalue weighted by molar-refractivity contribution is 6.34. The van der Waals surface area contributed by atoms with Crippen molar-refractivity contribution in [2.75, 3.05) is 7.05 Å². The van der Waals surface area contributed by atoms with Gasteiger partial charge in [-0.1, -0.05) is 53.6 Å². The number of aliphatic imine (C=N–C) groups is 3. The Balaban J connectivity index is 2.05. The van der Waals surface area contributed by atoms with Crippen LogP contribution in [-0.4, -0.2) is 29.8 Å². The minimum Gasteiger partial charge on any atom is -0.318 e. The van der Waals surface area contributed by atoms with Crippen LogP contribution < -0.4 is 0 Å². The molecule has 0 bridgehead atoms. The van der Waals surface area contributed by atoms with Gasteiger partial charge >= 0.3 is 0 Å². The normalized spacial score (nSPS) is 16.2. The lowest BCUT2D eigenvalue weighted by molar-refractivity contribution is 0.763. The molecule has 0 amide bonds. The molecule has 4 nitrogen and oxygen atoms in total. The Labute approximate surface area is 145 Å². The number of likely N-dealkylation sites (N-methyl/N-ethyl adjacent to an activating group) is 1. The van der Waals surface area contributed by atoms with Crippen molar-refractivity contribution in [2.24, 2.45) is 15.0 Å². The fourth-order valence-electron chi connectivity index (χ4n) is 2.78. The van der Waals surface area contributed by atoms with Crippen LogP contribution >= 0.6 is 11.6 Å². The minimum atomic E-state index is 0.352. The second kappa shape index (κ2) is 5.73. The van der Waals surface area contributed by atoms with Crippen LogP contribution in [0.15, 0.2) is 74.4 Å². The summed E-state index contributed by atoms with van der Waals surface area (Å²) < 4.78 is 0. The number of amidine groups is 1. The molecule has 2 aromatic rings. The third-order valence-electron chi connectivity index (χ3n) is 3.99. The van der Waals surface area contributed by atoms with E-state index in [1.54, 1.807) is 6.34 Å². The highest BCUT2D eigenvalue weighted by Gasteiger charge is 2.25. The second-order valence-electron chi connectivity index (χ2n) is 5.78. The molecule has 0 spiro atoms. The van der Waals surface area contributed by atoms with E-state index in [0.717, 1.165) is 28.1 Å². The second-order valence-corrected chi connectivity index (χ2v) is 6.14. The van der Waals surface area contributed by atoms with Gasteiger partial charge in [0, 0.05) is 18.2 Å². The molecule has 0 fully saturated rings. The zero-order valence-corrected chi connectivity index (χ0v) is 14.1. The average molecular weight is 335 g/mol. The predicted molar refractivity (Wildman–Crippen MR) is 99.5 cm³/mol. The quantitative estimate of drug-likeness (QED) is 0.718. The molecule has 5 heteroatoms. The van der Waals surface area contributed by atoms with Crippen molar-refractivity contribution in [3.63, 3.8) is 0 Å². The van der Waals surface area contributed by atoms with Crippen molar-refractivity contribution in [3.8, 4) is 0 Å². The fraction of sp³-hybridized carbons (Fsp3) is 0.105. The van der Waals surface area contributed by atoms with Gasteiger partial charge in [-0.2, -0.15) is 0 Å². The lowest BCUT2D eigenvalue weighted by Crippen LogP contribution is -2.29. The number of nitrogens with zero attached hydrogens (tertiary/aromatic N) is 4. The molecule has 24 heavy (non-hydrogen) atoms. The molecule has 0 atom stereocenters. The summed E-state index contributed by atoms with van der Waals surface area (Å²) in [5, 5.41) is 0.352. The first-order valence-corrected chi connectivity index (χ1v) is 8.02. The Morgan fingerprint density at radius 2 is 1.79 bits per heavy atom. The number of rotatable bonds is 1. The van der Waals surface area contributed by atoms with Crippen molar-refractivity contribution in [1.29, 1.82) is 0 Å². The largest absolute Gasteiger partial charge is 0.318 e. The smallest absolute Gasteiger partial charge is 0.163 e. The summed E-state index contributed by atoms with van der Waals surface area (Å²) in [4.78, 5) is 15.7. The van der Waals surface area contributed by atoms with Gasteiger partial charge in [0.25, 0.3) is 0 Å². The van der Waals surface area contributed by atoms with Crippen molar-refractivity contribution < 1.29 is 0 Å². The molecule has 0 radical (unpaired) electrons. The Bertz CT molecular complexity index is 939. The molecule has 2 aliphatic heterocycles. The van der Waals surface area contributed by atoms with E-state index in [9.17, 15) is 0 Å². The summed E-state index contributed by atoms with van der Waals surface area (Å²) in [5.41, 5.74) is 5.50. The van der Waals surface area contributed by atoms with Gasteiger partial charge in [0.15, 0.2) is 11.0 Å². The van der Waals surface area contributed by atoms with Gasteiger partial charge in [-0.25, -0.2) is 15.0 Å². The van der Waals surface area contributed by atoms with Crippen molar-refractivity contribution in [2.45, 2.75) is 6.92 Å². The Morgan fingerprint density at radius 3 is 2.58 bits per heavy atom. The molecule has 2 heterocycles. The van der Waals surface area contributed by atoms with Crippen LogP contribution in [0.2, 0.25) is 0 Å². The van der Waals surface area contributed by atoms with Gasteiger partial charge in [0.05, 0.1) is 17.7 Å². The number of aryl methyl sites for hydroxylation is 1. The summed E-state index contributed by atoms with van der Waals surface area (Å²) in [6, 6.07) is 16.3. The van der Waals surface area contributed by atoms with Gasteiger partial charge < -0.3 is 4.90 Å². The van der Waals surface area contributed by atoms with E-state index in [0.29, 0.717) is 16.7 Å². The molecule has 4 rings (SSSR count). The van der Waals surface area contributed by atoms with Crippen LogP contribution in [0.25, 0.3) is 0 Å². The Morgan fingerprint density at radius 1 is 1.00 bits per heavy atom. The Kier molecular flexibility index (Phi) is 3.54. The van der Waals surface area contributed by atoms with Gasteiger partial charge in [-0.05, 0) is 19.1 Å². The molecular weight excluding hydrogens is 320 g/mol. The first kappa shape index (κ1) is 14.8. The molecule has 0 aromatic heterocycles. The number of benzene rings is 2. The van der Waals surface area contributed by atoms with Crippen molar-refractivity contribution in [3.05, 3.63) is 76.1 Å². The standard InChI is InChI=1S/C19H15ClN4/c1-12-8-9-15-14(10-12)16(13-6-4-3-5-7-13)23-17-18(20)21-11-24(2)19(17)22-15/h3-11H,1-2H3. The van der Waals surface area contributed by atoms with Crippen LogP contribution in [0.4, 0.5) is 5.69 Å². The topological polar surface area (TPSA) is 40.3 Å². The summed E-state index contributed by atoms with van der Waals surface area (Å²) in [5.74, 6) is 0.700. The molecule has 0 unspecified atom stereocenters. The summed E-state index contributed by atoms with van der Waals surface area (Å²) in [6.07, 6.45) is 1.65. The van der Waals surface area contributed by atoms with Crippen LogP contribution in [0.5, 0.6) is 0 Å². The zero-order chi connectivity index (χ0) is 16.7. The minimum absolute atomic E-state index is 0.352. The van der Waals surface area contributed by atoms with E-state index < -0.39 is 0 Å². The molecule has 0 aliphatic carbocycles. The molecule has 0 saturated heterocycles. The van der Waals surface area contributed by atoms with Crippen molar-refractivity contribution in [1.82, 2.24) is 4.90 Å². The van der Waals surface area contributed by atoms with E-state index in [-0.39, 0.29) is 0 Å². The summed E-state index contributed by atoms with van der Waals surface area (Å²) in [7, 11) is 1.89. The van der Waals surface area contributed by atoms with Gasteiger partial charge in [-0.3, -0.25) is 0 Å². The number of fused-ring (bicyclic) bond motifs is 2. The van der Waals surface area contributed by atoms with E-state index in [2.05, 4.69) is 24.0 Å². The van der Waals surface area contributed by atoms with E-state index in [1.807, 2.05) is 48.3 Å². The van der Waals surface area contributed by atoms with Gasteiger partial charge in [-0.15, -0.1) is 0 Å². The summed E-state index contributed by atoms with van der Waals surface area (Å²) >= 11 is 6.32. The third kappa shape index (κ3) is 2.45. The van der Waals surface area contributed by atoms with Crippen LogP contribution in [0, 0.1) is 6.92 Å². The van der Waals surface area contributed by atoms with Crippen LogP contribution in [0.1, 0.15) is 16.7 Å². The molecule has 0 saturated carbocycles. The number of hydrogen-bond acceptors (Lipinski definition) is 4. The number of hydrogen-bond donors (Lipinski definition) is 0. The lowest BCUT2D eigenvalue weighted by Gasteiger charge is -2.19. The average Bonchev–Trinajstić information content (AvgIpc) is 2.77. The SMILES string of the molecule is Cc1ccc2c(c1)C(c1ccccc1)=NC1=C(Cl)N=CN(C)C1=N2. The molecule has 2 aliphatic rings. The van der Waals surface area contributed by atoms with E-state index in [1.165, 1.54) is 0 Å². The maximum absolute atomic E-state index is 6.32. The first-order valence-electron chi connectivity index (χ1n) is 7.64. The number of halogens is 1. The van der Waals surface area contributed by atoms with E-state index >= 15 is 0 Å². The zero-order valence-electron chi connectivity index (χ0n) is 13.4. The first-order chi connectivity index (χ1) is 11.6. The monoisotopic (exact) mass is 334 g/mol. The maximum atomic E-state index is 6.32. The predicted octanol–water partition coefficient (Wildman–Crippen LogP) is 4.26. The van der Waals surface area contributed by atoms with Crippen LogP contribution in [-0.2, 0) is 0 Å². The molecule has 2 aromatic carbocycles. The third-order valence-corrected chi connectivity index (χ3v) is 4.27. The maximum Gasteiger partial charge on any atom is 0.163 e. The molecule has 0 N–H and O–H groups in total. The van der Waals surface area contributed by atoms with Gasteiger partial charge in [0.2, 0.25) is 0 Å². The highest BCUT2D eigenvalue weighted by Crippen LogP contribution is 2.32. The lowest BCUT2D eigenvalue weighted by atomic mass is 9.99. The Hall–Kier alpha value is -2.72. The highest BCUT2D eigenvalue weighted by atomic mass is 35.5. The summed E-state index contributed by atoms with van der Waals surface area (Å²) in [6.45, 7) is 2.06.